The van der Waals surface area contributed by atoms with E-state index in [1.807, 2.05) is 0 Å². The molecule has 196 valence electrons. The van der Waals surface area contributed by atoms with Crippen molar-refractivity contribution in [1.82, 2.24) is 9.55 Å². The summed E-state index contributed by atoms with van der Waals surface area (Å²) in [6, 6.07) is 10.8. The molecule has 1 aliphatic heterocycles. The van der Waals surface area contributed by atoms with Crippen molar-refractivity contribution in [2.75, 3.05) is 18.6 Å². The average Bonchev–Trinajstić information content (AvgIpc) is 3.45. The molecule has 1 saturated heterocycles. The fourth-order valence-electron chi connectivity index (χ4n) is 4.07. The highest BCUT2D eigenvalue weighted by atomic mass is 35.5. The topological polar surface area (TPSA) is 109 Å². The number of alkyl halides is 3. The van der Waals surface area contributed by atoms with Gasteiger partial charge in [-0.25, -0.2) is 4.79 Å². The summed E-state index contributed by atoms with van der Waals surface area (Å²) in [6.45, 7) is 0.460. The minimum absolute atomic E-state index is 0.0108. The fourth-order valence-corrected chi connectivity index (χ4v) is 4.20. The molecule has 2 heterocycles. The van der Waals surface area contributed by atoms with Gasteiger partial charge >= 0.3 is 18.3 Å². The van der Waals surface area contributed by atoms with Crippen LogP contribution in [0.25, 0.3) is 0 Å². The normalized spacial score (nSPS) is 15.5. The standard InChI is InChI=1S/C24H22ClF3N4O5/c1-35-22(34)19-21(31-11-3-6-18(31)20(29)33)30-23(32(19)13-14-7-9-15(25)10-8-14)36-16-4-2-5-17(12-16)37-24(26,27)28/h2,4-5,7-10,12,18H,3,6,11,13H2,1H3,(H2,29,33). The number of aromatic nitrogens is 2. The smallest absolute Gasteiger partial charge is 0.464 e. The molecule has 0 bridgehead atoms. The lowest BCUT2D eigenvalue weighted by Gasteiger charge is -2.22. The second kappa shape index (κ2) is 10.6. The maximum Gasteiger partial charge on any atom is 0.573 e. The Morgan fingerprint density at radius 1 is 1.16 bits per heavy atom. The summed E-state index contributed by atoms with van der Waals surface area (Å²) in [5.41, 5.74) is 6.28. The minimum atomic E-state index is -4.89. The lowest BCUT2D eigenvalue weighted by molar-refractivity contribution is -0.274. The van der Waals surface area contributed by atoms with Crippen LogP contribution in [0.15, 0.2) is 48.5 Å². The fraction of sp³-hybridized carbons (Fsp3) is 0.292. The van der Waals surface area contributed by atoms with Gasteiger partial charge in [0.1, 0.15) is 17.5 Å². The molecule has 1 amide bonds. The van der Waals surface area contributed by atoms with Crippen LogP contribution in [0.3, 0.4) is 0 Å². The Morgan fingerprint density at radius 2 is 1.86 bits per heavy atom. The van der Waals surface area contributed by atoms with E-state index in [4.69, 9.17) is 26.8 Å². The molecular formula is C24H22ClF3N4O5. The van der Waals surface area contributed by atoms with Crippen LogP contribution < -0.4 is 20.1 Å². The van der Waals surface area contributed by atoms with Crippen molar-refractivity contribution in [3.8, 4) is 17.5 Å². The minimum Gasteiger partial charge on any atom is -0.464 e. The number of rotatable bonds is 8. The van der Waals surface area contributed by atoms with E-state index in [0.717, 1.165) is 12.1 Å². The quantitative estimate of drug-likeness (QED) is 0.420. The third kappa shape index (κ3) is 6.08. The molecule has 13 heteroatoms. The zero-order valence-corrected chi connectivity index (χ0v) is 20.3. The predicted molar refractivity (Wildman–Crippen MR) is 127 cm³/mol. The number of primary amides is 1. The molecular weight excluding hydrogens is 517 g/mol. The van der Waals surface area contributed by atoms with Crippen LogP contribution in [0.2, 0.25) is 5.02 Å². The summed E-state index contributed by atoms with van der Waals surface area (Å²) in [4.78, 5) is 31.1. The SMILES string of the molecule is COC(=O)c1c(N2CCCC2C(N)=O)nc(Oc2cccc(OC(F)(F)F)c2)n1Cc1ccc(Cl)cc1. The number of nitrogens with two attached hydrogens (primary N) is 1. The second-order valence-electron chi connectivity index (χ2n) is 8.15. The summed E-state index contributed by atoms with van der Waals surface area (Å²) in [7, 11) is 1.19. The number of anilines is 1. The van der Waals surface area contributed by atoms with Crippen molar-refractivity contribution in [3.63, 3.8) is 0 Å². The van der Waals surface area contributed by atoms with E-state index in [0.29, 0.717) is 30.0 Å². The van der Waals surface area contributed by atoms with E-state index < -0.39 is 30.0 Å². The van der Waals surface area contributed by atoms with Crippen molar-refractivity contribution < 1.29 is 37.0 Å². The summed E-state index contributed by atoms with van der Waals surface area (Å²) in [6.07, 6.45) is -3.80. The van der Waals surface area contributed by atoms with Crippen molar-refractivity contribution in [1.29, 1.82) is 0 Å². The Bertz CT molecular complexity index is 1300. The third-order valence-electron chi connectivity index (χ3n) is 5.65. The molecule has 2 N–H and O–H groups in total. The highest BCUT2D eigenvalue weighted by Gasteiger charge is 2.37. The Hall–Kier alpha value is -3.93. The van der Waals surface area contributed by atoms with Gasteiger partial charge in [-0.2, -0.15) is 4.98 Å². The van der Waals surface area contributed by atoms with Crippen molar-refractivity contribution >= 4 is 29.3 Å². The first-order valence-electron chi connectivity index (χ1n) is 11.1. The summed E-state index contributed by atoms with van der Waals surface area (Å²) in [5, 5.41) is 0.502. The molecule has 9 nitrogen and oxygen atoms in total. The van der Waals surface area contributed by atoms with Gasteiger partial charge < -0.3 is 24.8 Å². The van der Waals surface area contributed by atoms with Gasteiger partial charge in [-0.3, -0.25) is 9.36 Å². The van der Waals surface area contributed by atoms with E-state index in [2.05, 4.69) is 9.72 Å². The van der Waals surface area contributed by atoms with Gasteiger partial charge in [0.15, 0.2) is 11.5 Å². The highest BCUT2D eigenvalue weighted by Crippen LogP contribution is 2.35. The number of carbonyl (C=O) groups is 2. The summed E-state index contributed by atoms with van der Waals surface area (Å²) < 4.78 is 54.4. The average molecular weight is 539 g/mol. The van der Waals surface area contributed by atoms with Crippen LogP contribution in [0.5, 0.6) is 17.5 Å². The third-order valence-corrected chi connectivity index (χ3v) is 5.90. The maximum atomic E-state index is 13.0. The van der Waals surface area contributed by atoms with Crippen LogP contribution >= 0.6 is 11.6 Å². The molecule has 4 rings (SSSR count). The van der Waals surface area contributed by atoms with Crippen molar-refractivity contribution in [2.24, 2.45) is 5.73 Å². The molecule has 1 unspecified atom stereocenters. The molecule has 1 fully saturated rings. The Kier molecular flexibility index (Phi) is 7.48. The molecule has 3 aromatic rings. The van der Waals surface area contributed by atoms with E-state index >= 15 is 0 Å². The predicted octanol–water partition coefficient (Wildman–Crippen LogP) is 4.52. The first-order chi connectivity index (χ1) is 17.6. The molecule has 1 atom stereocenters. The van der Waals surface area contributed by atoms with Gasteiger partial charge in [0.2, 0.25) is 5.91 Å². The lowest BCUT2D eigenvalue weighted by Crippen LogP contribution is -2.41. The summed E-state index contributed by atoms with van der Waals surface area (Å²) >= 11 is 5.99. The Labute approximate surface area is 214 Å². The van der Waals surface area contributed by atoms with E-state index in [1.165, 1.54) is 23.8 Å². The van der Waals surface area contributed by atoms with Gasteiger partial charge in [-0.05, 0) is 42.7 Å². The number of hydrogen-bond acceptors (Lipinski definition) is 7. The number of ether oxygens (including phenoxy) is 3. The van der Waals surface area contributed by atoms with Gasteiger partial charge in [0.25, 0.3) is 0 Å². The number of amides is 1. The van der Waals surface area contributed by atoms with Gasteiger partial charge in [-0.15, -0.1) is 13.2 Å². The zero-order chi connectivity index (χ0) is 26.7. The molecule has 1 aromatic heterocycles. The van der Waals surface area contributed by atoms with Gasteiger partial charge in [0, 0.05) is 17.6 Å². The van der Waals surface area contributed by atoms with Crippen molar-refractivity contribution in [2.45, 2.75) is 31.8 Å². The molecule has 0 saturated carbocycles. The number of nitrogens with zero attached hydrogens (tertiary/aromatic N) is 3. The Balaban J connectivity index is 1.82. The number of carbonyl (C=O) groups excluding carboxylic acids is 2. The van der Waals surface area contributed by atoms with Crippen molar-refractivity contribution in [3.05, 3.63) is 64.8 Å². The van der Waals surface area contributed by atoms with E-state index in [-0.39, 0.29) is 29.8 Å². The number of methoxy groups -OCH3 is 1. The largest absolute Gasteiger partial charge is 0.573 e. The van der Waals surface area contributed by atoms with E-state index in [9.17, 15) is 22.8 Å². The van der Waals surface area contributed by atoms with Gasteiger partial charge in [0.05, 0.1) is 13.7 Å². The monoisotopic (exact) mass is 538 g/mol. The van der Waals surface area contributed by atoms with Crippen LogP contribution in [0, 0.1) is 0 Å². The number of esters is 1. The molecule has 2 aromatic carbocycles. The first kappa shape index (κ1) is 26.1. The maximum absolute atomic E-state index is 13.0. The first-order valence-corrected chi connectivity index (χ1v) is 11.5. The van der Waals surface area contributed by atoms with Crippen LogP contribution in [-0.4, -0.2) is 47.5 Å². The van der Waals surface area contributed by atoms with Crippen LogP contribution in [-0.2, 0) is 16.1 Å². The summed E-state index contributed by atoms with van der Waals surface area (Å²) in [5.74, 6) is -1.75. The zero-order valence-electron chi connectivity index (χ0n) is 19.5. The van der Waals surface area contributed by atoms with Crippen LogP contribution in [0.4, 0.5) is 19.0 Å². The molecule has 0 aliphatic carbocycles. The molecule has 0 spiro atoms. The number of imidazole rings is 1. The number of benzene rings is 2. The highest BCUT2D eigenvalue weighted by molar-refractivity contribution is 6.30. The molecule has 37 heavy (non-hydrogen) atoms. The number of halogens is 4. The molecule has 0 radical (unpaired) electrons. The number of hydrogen-bond donors (Lipinski definition) is 1. The van der Waals surface area contributed by atoms with Gasteiger partial charge in [-0.1, -0.05) is 29.8 Å². The lowest BCUT2D eigenvalue weighted by atomic mass is 10.2. The molecule has 1 aliphatic rings. The second-order valence-corrected chi connectivity index (χ2v) is 8.59. The van der Waals surface area contributed by atoms with Crippen LogP contribution in [0.1, 0.15) is 28.9 Å². The Morgan fingerprint density at radius 3 is 2.51 bits per heavy atom. The van der Waals surface area contributed by atoms with E-state index in [1.54, 1.807) is 29.2 Å².